The minimum atomic E-state index is -3.28. The van der Waals surface area contributed by atoms with Gasteiger partial charge in [0.05, 0.1) is 4.99 Å². The predicted octanol–water partition coefficient (Wildman–Crippen LogP) is -0.372. The van der Waals surface area contributed by atoms with Crippen LogP contribution in [-0.4, -0.2) is 61.6 Å². The molecule has 1 aliphatic heterocycles. The highest BCUT2D eigenvalue weighted by Crippen LogP contribution is 2.17. The fourth-order valence-electron chi connectivity index (χ4n) is 1.91. The number of sulfonamides is 1. The molecule has 0 spiro atoms. The number of nitrogens with two attached hydrogens (primary N) is 1. The van der Waals surface area contributed by atoms with Crippen molar-refractivity contribution in [2.45, 2.75) is 18.9 Å². The molecule has 0 atom stereocenters. The van der Waals surface area contributed by atoms with Crippen molar-refractivity contribution in [1.29, 1.82) is 0 Å². The summed E-state index contributed by atoms with van der Waals surface area (Å²) in [6.07, 6.45) is 1.73. The van der Waals surface area contributed by atoms with Crippen molar-refractivity contribution in [3.05, 3.63) is 0 Å². The summed E-state index contributed by atoms with van der Waals surface area (Å²) < 4.78 is 25.1. The van der Waals surface area contributed by atoms with Crippen LogP contribution in [0.25, 0.3) is 0 Å². The van der Waals surface area contributed by atoms with Crippen LogP contribution >= 0.6 is 12.2 Å². The van der Waals surface area contributed by atoms with Gasteiger partial charge in [-0.2, -0.15) is 0 Å². The van der Waals surface area contributed by atoms with Crippen molar-refractivity contribution in [2.75, 3.05) is 32.9 Å². The topological polar surface area (TPSA) is 66.6 Å². The van der Waals surface area contributed by atoms with Crippen molar-refractivity contribution in [2.24, 2.45) is 5.73 Å². The second-order valence-corrected chi connectivity index (χ2v) is 6.81. The lowest BCUT2D eigenvalue weighted by molar-refractivity contribution is 0.197. The van der Waals surface area contributed by atoms with E-state index in [1.807, 2.05) is 14.1 Å². The molecule has 94 valence electrons. The third-order valence-electron chi connectivity index (χ3n) is 2.87. The van der Waals surface area contributed by atoms with Gasteiger partial charge < -0.3 is 10.6 Å². The molecular weight excluding hydrogens is 246 g/mol. The van der Waals surface area contributed by atoms with Gasteiger partial charge in [-0.05, 0) is 26.9 Å². The first-order chi connectivity index (χ1) is 7.33. The van der Waals surface area contributed by atoms with Gasteiger partial charge in [0, 0.05) is 19.1 Å². The van der Waals surface area contributed by atoms with Crippen LogP contribution in [0.3, 0.4) is 0 Å². The molecule has 0 aromatic carbocycles. The van der Waals surface area contributed by atoms with Crippen molar-refractivity contribution >= 4 is 27.2 Å². The van der Waals surface area contributed by atoms with Crippen LogP contribution in [0.5, 0.6) is 0 Å². The van der Waals surface area contributed by atoms with Crippen molar-refractivity contribution in [3.63, 3.8) is 0 Å². The Morgan fingerprint density at radius 2 is 1.94 bits per heavy atom. The third kappa shape index (κ3) is 3.65. The highest BCUT2D eigenvalue weighted by atomic mass is 32.2. The number of hydrogen-bond donors (Lipinski definition) is 1. The average molecular weight is 265 g/mol. The number of thiocarbonyl (C=S) groups is 1. The lowest BCUT2D eigenvalue weighted by atomic mass is 10.1. The maximum Gasteiger partial charge on any atom is 0.220 e. The zero-order valence-corrected chi connectivity index (χ0v) is 11.4. The lowest BCUT2D eigenvalue weighted by Crippen LogP contribution is -2.46. The SMILES string of the molecule is CN(C)C1CCN(S(=O)(=O)CC(N)=S)CC1. The smallest absolute Gasteiger partial charge is 0.220 e. The Morgan fingerprint density at radius 1 is 1.44 bits per heavy atom. The van der Waals surface area contributed by atoms with E-state index >= 15 is 0 Å². The van der Waals surface area contributed by atoms with Crippen molar-refractivity contribution in [1.82, 2.24) is 9.21 Å². The molecule has 1 aliphatic rings. The largest absolute Gasteiger partial charge is 0.392 e. The molecule has 7 heteroatoms. The third-order valence-corrected chi connectivity index (χ3v) is 5.03. The zero-order valence-electron chi connectivity index (χ0n) is 9.72. The standard InChI is InChI=1S/C9H19N3O2S2/c1-11(2)8-3-5-12(6-4-8)16(13,14)7-9(10)15/h8H,3-7H2,1-2H3,(H2,10,15). The van der Waals surface area contributed by atoms with Gasteiger partial charge in [0.1, 0.15) is 5.75 Å². The monoisotopic (exact) mass is 265 g/mol. The molecule has 5 nitrogen and oxygen atoms in total. The normalized spacial score (nSPS) is 20.2. The molecule has 1 saturated heterocycles. The van der Waals surface area contributed by atoms with E-state index in [1.165, 1.54) is 4.31 Å². The maximum atomic E-state index is 11.8. The van der Waals surface area contributed by atoms with Crippen LogP contribution in [0.15, 0.2) is 0 Å². The molecule has 0 aromatic heterocycles. The molecular formula is C9H19N3O2S2. The molecule has 1 heterocycles. The van der Waals surface area contributed by atoms with E-state index in [0.717, 1.165) is 12.8 Å². The molecule has 0 unspecified atom stereocenters. The summed E-state index contributed by atoms with van der Waals surface area (Å²) >= 11 is 4.64. The van der Waals surface area contributed by atoms with Gasteiger partial charge in [0.25, 0.3) is 0 Å². The second-order valence-electron chi connectivity index (χ2n) is 4.32. The highest BCUT2D eigenvalue weighted by molar-refractivity contribution is 7.92. The summed E-state index contributed by atoms with van der Waals surface area (Å²) in [5.74, 6) is -0.213. The Labute approximate surface area is 103 Å². The van der Waals surface area contributed by atoms with Crippen LogP contribution in [0.1, 0.15) is 12.8 Å². The van der Waals surface area contributed by atoms with Crippen LogP contribution < -0.4 is 5.73 Å². The molecule has 0 bridgehead atoms. The van der Waals surface area contributed by atoms with E-state index in [4.69, 9.17) is 5.73 Å². The quantitative estimate of drug-likeness (QED) is 0.703. The molecule has 0 radical (unpaired) electrons. The van der Waals surface area contributed by atoms with Crippen molar-refractivity contribution in [3.8, 4) is 0 Å². The predicted molar refractivity (Wildman–Crippen MR) is 68.9 cm³/mol. The van der Waals surface area contributed by atoms with Gasteiger partial charge in [-0.15, -0.1) is 0 Å². The number of nitrogens with zero attached hydrogens (tertiary/aromatic N) is 2. The number of rotatable bonds is 4. The second kappa shape index (κ2) is 5.39. The molecule has 0 aliphatic carbocycles. The summed E-state index contributed by atoms with van der Waals surface area (Å²) in [6, 6.07) is 0.469. The molecule has 1 fully saturated rings. The summed E-state index contributed by atoms with van der Waals surface area (Å²) in [5, 5.41) is 0. The Balaban J connectivity index is 2.56. The van der Waals surface area contributed by atoms with Crippen LogP contribution in [-0.2, 0) is 10.0 Å². The summed E-state index contributed by atoms with van der Waals surface area (Å²) in [7, 11) is 0.752. The molecule has 16 heavy (non-hydrogen) atoms. The Morgan fingerprint density at radius 3 is 2.31 bits per heavy atom. The minimum absolute atomic E-state index is 0.0368. The summed E-state index contributed by atoms with van der Waals surface area (Å²) in [4.78, 5) is 2.17. The van der Waals surface area contributed by atoms with E-state index < -0.39 is 10.0 Å². The van der Waals surface area contributed by atoms with Gasteiger partial charge in [-0.3, -0.25) is 0 Å². The maximum absolute atomic E-state index is 11.8. The number of hydrogen-bond acceptors (Lipinski definition) is 4. The fraction of sp³-hybridized carbons (Fsp3) is 0.889. The summed E-state index contributed by atoms with van der Waals surface area (Å²) in [5.41, 5.74) is 5.28. The molecule has 2 N–H and O–H groups in total. The Bertz CT molecular complexity index is 346. The van der Waals surface area contributed by atoms with E-state index in [1.54, 1.807) is 0 Å². The zero-order chi connectivity index (χ0) is 12.3. The minimum Gasteiger partial charge on any atom is -0.392 e. The van der Waals surface area contributed by atoms with E-state index in [0.29, 0.717) is 19.1 Å². The van der Waals surface area contributed by atoms with Gasteiger partial charge in [-0.1, -0.05) is 12.2 Å². The molecule has 0 amide bonds. The molecule has 1 rings (SSSR count). The fourth-order valence-corrected chi connectivity index (χ4v) is 3.66. The van der Waals surface area contributed by atoms with Gasteiger partial charge in [0.15, 0.2) is 0 Å². The first-order valence-corrected chi connectivity index (χ1v) is 7.27. The lowest BCUT2D eigenvalue weighted by Gasteiger charge is -2.34. The van der Waals surface area contributed by atoms with E-state index in [-0.39, 0.29) is 10.7 Å². The van der Waals surface area contributed by atoms with Crippen LogP contribution in [0, 0.1) is 0 Å². The first kappa shape index (κ1) is 13.8. The average Bonchev–Trinajstić information content (AvgIpc) is 2.16. The highest BCUT2D eigenvalue weighted by Gasteiger charge is 2.28. The first-order valence-electron chi connectivity index (χ1n) is 5.25. The van der Waals surface area contributed by atoms with Crippen LogP contribution in [0.4, 0.5) is 0 Å². The molecule has 0 saturated carbocycles. The van der Waals surface area contributed by atoms with Gasteiger partial charge in [0.2, 0.25) is 10.0 Å². The summed E-state index contributed by atoms with van der Waals surface area (Å²) in [6.45, 7) is 1.13. The van der Waals surface area contributed by atoms with E-state index in [2.05, 4.69) is 17.1 Å². The Hall–Kier alpha value is -0.240. The Kier molecular flexibility index (Phi) is 4.66. The number of piperidine rings is 1. The van der Waals surface area contributed by atoms with Gasteiger partial charge >= 0.3 is 0 Å². The van der Waals surface area contributed by atoms with E-state index in [9.17, 15) is 8.42 Å². The van der Waals surface area contributed by atoms with Gasteiger partial charge in [-0.25, -0.2) is 12.7 Å². The molecule has 0 aromatic rings. The van der Waals surface area contributed by atoms with Crippen LogP contribution in [0.2, 0.25) is 0 Å². The van der Waals surface area contributed by atoms with Crippen molar-refractivity contribution < 1.29 is 8.42 Å².